The molecule has 5 atom stereocenters. The monoisotopic (exact) mass is 774 g/mol. The highest BCUT2D eigenvalue weighted by molar-refractivity contribution is 6.76. The van der Waals surface area contributed by atoms with E-state index < -0.39 is 16.4 Å². The van der Waals surface area contributed by atoms with Crippen LogP contribution >= 0.6 is 11.6 Å². The Kier molecular flexibility index (Phi) is 11.9. The van der Waals surface area contributed by atoms with Crippen LogP contribution in [0.25, 0.3) is 17.2 Å². The van der Waals surface area contributed by atoms with E-state index in [2.05, 4.69) is 58.8 Å². The summed E-state index contributed by atoms with van der Waals surface area (Å²) in [5, 5.41) is 3.91. The molecule has 1 unspecified atom stereocenters. The minimum absolute atomic E-state index is 0.0715. The van der Waals surface area contributed by atoms with E-state index in [-0.39, 0.29) is 48.0 Å². The highest BCUT2D eigenvalue weighted by atomic mass is 35.5. The van der Waals surface area contributed by atoms with Gasteiger partial charge in [-0.3, -0.25) is 4.57 Å². The van der Waals surface area contributed by atoms with E-state index in [1.165, 1.54) is 0 Å². The van der Waals surface area contributed by atoms with Gasteiger partial charge in [0, 0.05) is 26.9 Å². The van der Waals surface area contributed by atoms with Crippen molar-refractivity contribution in [2.24, 2.45) is 0 Å². The molecule has 4 heterocycles. The molecule has 0 amide bonds. The predicted octanol–water partition coefficient (Wildman–Crippen LogP) is 8.62. The van der Waals surface area contributed by atoms with Crippen LogP contribution < -0.4 is 10.1 Å². The average molecular weight is 776 g/mol. The number of hydrogen-bond acceptors (Lipinski definition) is 9. The van der Waals surface area contributed by atoms with Gasteiger partial charge in [0.25, 0.3) is 0 Å². The van der Waals surface area contributed by atoms with Crippen molar-refractivity contribution in [2.75, 3.05) is 38.4 Å². The van der Waals surface area contributed by atoms with Crippen LogP contribution in [0.2, 0.25) is 48.8 Å². The maximum atomic E-state index is 15.6. The molecule has 2 saturated heterocycles. The summed E-state index contributed by atoms with van der Waals surface area (Å²) in [6.07, 6.45) is 4.22. The zero-order valence-corrected chi connectivity index (χ0v) is 34.9. The first kappa shape index (κ1) is 39.3. The molecule has 2 aliphatic heterocycles. The molecule has 0 saturated carbocycles. The molecule has 1 N–H and O–H groups in total. The van der Waals surface area contributed by atoms with E-state index >= 15 is 4.39 Å². The lowest BCUT2D eigenvalue weighted by molar-refractivity contribution is 0.00687. The third kappa shape index (κ3) is 8.78. The number of benzene rings is 1. The minimum Gasteiger partial charge on any atom is -0.456 e. The van der Waals surface area contributed by atoms with Gasteiger partial charge in [0.2, 0.25) is 0 Å². The van der Waals surface area contributed by atoms with Crippen molar-refractivity contribution in [1.82, 2.24) is 14.5 Å². The standard InChI is InChI=1S/C38H56ClFN4O6Si2/c1-10-45-15-11-12-24-18-25-13-14-28(32(25)27(40)19-24)41-35-26(39)20-29-36(43-35)44(23-46-16-17-51(5,6)7)37(42-29)49-30-21-47-34-31(22-48-33(30)34)50-52(8,9)38(2,3)4/h11-12,18-20,28,30-31,33-34H,10,13-17,21-23H2,1-9H3,(H,41,43)/b12-11+/t28-,30+,31?,33+,34+/m0/s1. The fourth-order valence-electron chi connectivity index (χ4n) is 6.68. The second kappa shape index (κ2) is 15.8. The Morgan fingerprint density at radius 2 is 1.77 bits per heavy atom. The van der Waals surface area contributed by atoms with Gasteiger partial charge in [-0.25, -0.2) is 9.37 Å². The fraction of sp³-hybridized carbons (Fsp3) is 0.632. The molecule has 286 valence electrons. The summed E-state index contributed by atoms with van der Waals surface area (Å²) < 4.78 is 54.9. The number of halogens is 2. The number of rotatable bonds is 15. The number of nitrogens with zero attached hydrogens (tertiary/aromatic N) is 3. The van der Waals surface area contributed by atoms with Gasteiger partial charge in [0.1, 0.15) is 36.1 Å². The van der Waals surface area contributed by atoms with E-state index in [0.717, 1.165) is 23.6 Å². The average Bonchev–Trinajstić information content (AvgIpc) is 3.82. The van der Waals surface area contributed by atoms with Crippen molar-refractivity contribution in [1.29, 1.82) is 0 Å². The Labute approximate surface area is 314 Å². The van der Waals surface area contributed by atoms with E-state index in [4.69, 9.17) is 49.7 Å². The fourth-order valence-corrected chi connectivity index (χ4v) is 8.95. The number of hydrogen-bond donors (Lipinski definition) is 1. The Morgan fingerprint density at radius 3 is 2.48 bits per heavy atom. The summed E-state index contributed by atoms with van der Waals surface area (Å²) in [6.45, 7) is 22.9. The third-order valence-electron chi connectivity index (χ3n) is 10.7. The number of ether oxygens (including phenoxy) is 5. The molecule has 1 aliphatic carbocycles. The molecule has 14 heteroatoms. The molecule has 3 aromatic rings. The summed E-state index contributed by atoms with van der Waals surface area (Å²) in [6, 6.07) is 6.49. The summed E-state index contributed by atoms with van der Waals surface area (Å²) in [5.74, 6) is 0.205. The summed E-state index contributed by atoms with van der Waals surface area (Å²) in [4.78, 5) is 9.80. The van der Waals surface area contributed by atoms with E-state index in [1.807, 2.05) is 29.7 Å². The van der Waals surface area contributed by atoms with Crippen molar-refractivity contribution in [3.8, 4) is 6.01 Å². The predicted molar refractivity (Wildman–Crippen MR) is 209 cm³/mol. The topological polar surface area (TPSA) is 98.1 Å². The Morgan fingerprint density at radius 1 is 1.04 bits per heavy atom. The van der Waals surface area contributed by atoms with Crippen LogP contribution in [-0.2, 0) is 36.5 Å². The van der Waals surface area contributed by atoms with Gasteiger partial charge in [-0.05, 0) is 67.2 Å². The SMILES string of the molecule is CCOC/C=C/c1cc(F)c2c(c1)CC[C@@H]2Nc1nc2c(cc1Cl)nc(O[C@@H]1CO[C@@H]3C(O[Si](C)(C)C(C)(C)C)CO[C@@H]31)n2COCC[Si](C)(C)C. The molecule has 2 fully saturated rings. The van der Waals surface area contributed by atoms with Gasteiger partial charge < -0.3 is 33.4 Å². The lowest BCUT2D eigenvalue weighted by Crippen LogP contribution is -2.47. The molecular formula is C38H56ClFN4O6Si2. The second-order valence-corrected chi connectivity index (χ2v) is 27.7. The molecule has 10 nitrogen and oxygen atoms in total. The maximum absolute atomic E-state index is 15.6. The van der Waals surface area contributed by atoms with Crippen LogP contribution in [0.1, 0.15) is 56.8 Å². The van der Waals surface area contributed by atoms with E-state index in [1.54, 1.807) is 12.1 Å². The number of imidazole rings is 1. The van der Waals surface area contributed by atoms with Crippen LogP contribution in [-0.4, -0.2) is 88.4 Å². The molecule has 52 heavy (non-hydrogen) atoms. The zero-order chi connectivity index (χ0) is 37.4. The molecule has 0 bridgehead atoms. The molecule has 6 rings (SSSR count). The van der Waals surface area contributed by atoms with Gasteiger partial charge >= 0.3 is 6.01 Å². The molecule has 1 aromatic carbocycles. The van der Waals surface area contributed by atoms with Gasteiger partial charge in [-0.2, -0.15) is 4.98 Å². The van der Waals surface area contributed by atoms with Gasteiger partial charge in [0.05, 0.1) is 37.0 Å². The largest absolute Gasteiger partial charge is 0.456 e. The number of aromatic nitrogens is 3. The number of anilines is 1. The summed E-state index contributed by atoms with van der Waals surface area (Å²) in [7, 11) is -3.35. The van der Waals surface area contributed by atoms with Crippen molar-refractivity contribution < 1.29 is 32.5 Å². The van der Waals surface area contributed by atoms with Gasteiger partial charge in [-0.15, -0.1) is 0 Å². The smallest absolute Gasteiger partial charge is 0.301 e. The first-order valence-electron chi connectivity index (χ1n) is 18.6. The molecular weight excluding hydrogens is 719 g/mol. The van der Waals surface area contributed by atoms with Gasteiger partial charge in [0.15, 0.2) is 20.1 Å². The van der Waals surface area contributed by atoms with E-state index in [0.29, 0.717) is 73.0 Å². The minimum atomic E-state index is -2.03. The van der Waals surface area contributed by atoms with Crippen molar-refractivity contribution in [2.45, 2.75) is 122 Å². The van der Waals surface area contributed by atoms with Crippen molar-refractivity contribution in [3.05, 3.63) is 51.8 Å². The number of nitrogens with one attached hydrogen (secondary N) is 1. The Balaban J connectivity index is 1.23. The van der Waals surface area contributed by atoms with Crippen molar-refractivity contribution in [3.63, 3.8) is 0 Å². The normalized spacial score (nSPS) is 23.6. The maximum Gasteiger partial charge on any atom is 0.301 e. The lowest BCUT2D eigenvalue weighted by atomic mass is 10.0. The van der Waals surface area contributed by atoms with Crippen LogP contribution in [0.3, 0.4) is 0 Å². The molecule has 0 radical (unpaired) electrons. The van der Waals surface area contributed by atoms with Crippen LogP contribution in [0.4, 0.5) is 10.2 Å². The Bertz CT molecular complexity index is 1760. The molecule has 3 aliphatic rings. The lowest BCUT2D eigenvalue weighted by Gasteiger charge is -2.39. The first-order valence-corrected chi connectivity index (χ1v) is 25.6. The Hall–Kier alpha value is -2.37. The molecule has 2 aromatic heterocycles. The zero-order valence-electron chi connectivity index (χ0n) is 32.2. The summed E-state index contributed by atoms with van der Waals surface area (Å²) >= 11 is 6.83. The molecule has 0 spiro atoms. The second-order valence-electron chi connectivity index (χ2n) is 16.9. The number of pyridine rings is 1. The van der Waals surface area contributed by atoms with Crippen molar-refractivity contribution >= 4 is 51.0 Å². The number of fused-ring (bicyclic) bond motifs is 3. The third-order valence-corrected chi connectivity index (χ3v) is 17.2. The van der Waals surface area contributed by atoms with Crippen LogP contribution in [0.15, 0.2) is 24.3 Å². The quantitative estimate of drug-likeness (QED) is 0.120. The first-order chi connectivity index (χ1) is 24.5. The highest BCUT2D eigenvalue weighted by Gasteiger charge is 2.52. The number of aryl methyl sites for hydroxylation is 1. The van der Waals surface area contributed by atoms with Crippen LogP contribution in [0, 0.1) is 5.82 Å². The van der Waals surface area contributed by atoms with Crippen LogP contribution in [0.5, 0.6) is 6.01 Å². The van der Waals surface area contributed by atoms with E-state index in [9.17, 15) is 0 Å². The van der Waals surface area contributed by atoms with Gasteiger partial charge in [-0.1, -0.05) is 70.2 Å². The summed E-state index contributed by atoms with van der Waals surface area (Å²) in [5.41, 5.74) is 3.58. The highest BCUT2D eigenvalue weighted by Crippen LogP contribution is 2.42.